The van der Waals surface area contributed by atoms with Crippen molar-refractivity contribution in [2.45, 2.75) is 13.1 Å². The van der Waals surface area contributed by atoms with Gasteiger partial charge >= 0.3 is 0 Å². The van der Waals surface area contributed by atoms with Crippen molar-refractivity contribution in [3.8, 4) is 5.75 Å². The fourth-order valence-corrected chi connectivity index (χ4v) is 2.05. The van der Waals surface area contributed by atoms with E-state index < -0.39 is 0 Å². The van der Waals surface area contributed by atoms with Gasteiger partial charge in [-0.15, -0.1) is 0 Å². The molecular weight excluding hydrogens is 238 g/mol. The van der Waals surface area contributed by atoms with Gasteiger partial charge in [0.15, 0.2) is 0 Å². The Morgan fingerprint density at radius 2 is 1.79 bits per heavy atom. The fourth-order valence-electron chi connectivity index (χ4n) is 2.05. The van der Waals surface area contributed by atoms with Gasteiger partial charge in [-0.3, -0.25) is 9.88 Å². The Hall–Kier alpha value is -2.07. The van der Waals surface area contributed by atoms with Crippen LogP contribution < -0.4 is 10.5 Å². The Morgan fingerprint density at radius 3 is 2.42 bits per heavy atom. The number of nitrogens with zero attached hydrogens (tertiary/aromatic N) is 2. The number of benzene rings is 1. The number of pyridine rings is 1. The van der Waals surface area contributed by atoms with E-state index in [-0.39, 0.29) is 0 Å². The zero-order valence-electron chi connectivity index (χ0n) is 11.3. The molecule has 19 heavy (non-hydrogen) atoms. The van der Waals surface area contributed by atoms with Gasteiger partial charge in [-0.2, -0.15) is 0 Å². The number of nitrogen functional groups attached to an aromatic ring is 1. The second-order valence-electron chi connectivity index (χ2n) is 4.60. The second-order valence-corrected chi connectivity index (χ2v) is 4.60. The summed E-state index contributed by atoms with van der Waals surface area (Å²) in [5.41, 5.74) is 9.01. The molecule has 0 bridgehead atoms. The van der Waals surface area contributed by atoms with Crippen molar-refractivity contribution in [3.63, 3.8) is 0 Å². The standard InChI is InChI=1S/C15H19N3O/c1-18(10-12-5-7-17-8-6-12)11-13-3-4-15(19-2)14(16)9-13/h3-9H,10-11,16H2,1-2H3. The van der Waals surface area contributed by atoms with E-state index >= 15 is 0 Å². The Bertz CT molecular complexity index is 528. The summed E-state index contributed by atoms with van der Waals surface area (Å²) >= 11 is 0. The highest BCUT2D eigenvalue weighted by Crippen LogP contribution is 2.22. The summed E-state index contributed by atoms with van der Waals surface area (Å²) in [5, 5.41) is 0. The highest BCUT2D eigenvalue weighted by Gasteiger charge is 2.04. The summed E-state index contributed by atoms with van der Waals surface area (Å²) in [5.74, 6) is 0.723. The van der Waals surface area contributed by atoms with Gasteiger partial charge in [0.1, 0.15) is 5.75 Å². The molecule has 2 aromatic rings. The average Bonchev–Trinajstić information content (AvgIpc) is 2.40. The normalized spacial score (nSPS) is 10.7. The van der Waals surface area contributed by atoms with Crippen molar-refractivity contribution in [3.05, 3.63) is 53.9 Å². The smallest absolute Gasteiger partial charge is 0.141 e. The van der Waals surface area contributed by atoms with Crippen LogP contribution in [0.3, 0.4) is 0 Å². The SMILES string of the molecule is COc1ccc(CN(C)Cc2ccncc2)cc1N. The van der Waals surface area contributed by atoms with E-state index in [0.717, 1.165) is 18.8 Å². The molecule has 4 nitrogen and oxygen atoms in total. The summed E-state index contributed by atoms with van der Waals surface area (Å²) in [4.78, 5) is 6.25. The van der Waals surface area contributed by atoms with Crippen LogP contribution >= 0.6 is 0 Å². The van der Waals surface area contributed by atoms with Crippen LogP contribution in [0.4, 0.5) is 5.69 Å². The monoisotopic (exact) mass is 257 g/mol. The topological polar surface area (TPSA) is 51.4 Å². The lowest BCUT2D eigenvalue weighted by atomic mass is 10.1. The van der Waals surface area contributed by atoms with E-state index in [9.17, 15) is 0 Å². The fraction of sp³-hybridized carbons (Fsp3) is 0.267. The van der Waals surface area contributed by atoms with Crippen molar-refractivity contribution in [1.29, 1.82) is 0 Å². The molecule has 0 amide bonds. The summed E-state index contributed by atoms with van der Waals surface area (Å²) in [6.45, 7) is 1.73. The molecule has 1 heterocycles. The maximum atomic E-state index is 5.91. The van der Waals surface area contributed by atoms with Crippen LogP contribution in [0.5, 0.6) is 5.75 Å². The largest absolute Gasteiger partial charge is 0.495 e. The van der Waals surface area contributed by atoms with Crippen LogP contribution in [-0.2, 0) is 13.1 Å². The molecule has 1 aromatic heterocycles. The molecule has 2 rings (SSSR count). The van der Waals surface area contributed by atoms with Crippen LogP contribution in [0.15, 0.2) is 42.7 Å². The molecule has 2 N–H and O–H groups in total. The quantitative estimate of drug-likeness (QED) is 0.835. The third-order valence-corrected chi connectivity index (χ3v) is 2.95. The van der Waals surface area contributed by atoms with E-state index in [1.54, 1.807) is 7.11 Å². The molecule has 0 unspecified atom stereocenters. The van der Waals surface area contributed by atoms with Crippen LogP contribution in [0, 0.1) is 0 Å². The predicted molar refractivity (Wildman–Crippen MR) is 76.8 cm³/mol. The van der Waals surface area contributed by atoms with Crippen molar-refractivity contribution in [2.75, 3.05) is 19.9 Å². The molecule has 0 atom stereocenters. The van der Waals surface area contributed by atoms with Gasteiger partial charge in [-0.25, -0.2) is 0 Å². The number of hydrogen-bond donors (Lipinski definition) is 1. The number of anilines is 1. The van der Waals surface area contributed by atoms with Gasteiger partial charge in [0, 0.05) is 25.5 Å². The Kier molecular flexibility index (Phi) is 4.36. The maximum absolute atomic E-state index is 5.91. The van der Waals surface area contributed by atoms with Gasteiger partial charge in [0.2, 0.25) is 0 Å². The summed E-state index contributed by atoms with van der Waals surface area (Å²) < 4.78 is 5.16. The summed E-state index contributed by atoms with van der Waals surface area (Å²) in [6, 6.07) is 9.96. The third-order valence-electron chi connectivity index (χ3n) is 2.95. The molecule has 0 aliphatic heterocycles. The van der Waals surface area contributed by atoms with E-state index in [4.69, 9.17) is 10.5 Å². The van der Waals surface area contributed by atoms with E-state index in [0.29, 0.717) is 5.69 Å². The third kappa shape index (κ3) is 3.69. The molecule has 0 radical (unpaired) electrons. The number of nitrogens with two attached hydrogens (primary N) is 1. The maximum Gasteiger partial charge on any atom is 0.141 e. The van der Waals surface area contributed by atoms with E-state index in [1.165, 1.54) is 11.1 Å². The first-order valence-electron chi connectivity index (χ1n) is 6.19. The van der Waals surface area contributed by atoms with Gasteiger partial charge in [0.05, 0.1) is 12.8 Å². The molecule has 100 valence electrons. The number of ether oxygens (including phenoxy) is 1. The summed E-state index contributed by atoms with van der Waals surface area (Å²) in [7, 11) is 3.71. The van der Waals surface area contributed by atoms with E-state index in [1.807, 2.05) is 42.7 Å². The number of aromatic nitrogens is 1. The Balaban J connectivity index is 1.99. The molecule has 0 saturated heterocycles. The van der Waals surface area contributed by atoms with Gasteiger partial charge in [-0.1, -0.05) is 6.07 Å². The average molecular weight is 257 g/mol. The van der Waals surface area contributed by atoms with Gasteiger partial charge in [0.25, 0.3) is 0 Å². The van der Waals surface area contributed by atoms with Crippen molar-refractivity contribution in [1.82, 2.24) is 9.88 Å². The van der Waals surface area contributed by atoms with Crippen LogP contribution in [0.25, 0.3) is 0 Å². The van der Waals surface area contributed by atoms with Gasteiger partial charge < -0.3 is 10.5 Å². The lowest BCUT2D eigenvalue weighted by Gasteiger charge is -2.17. The van der Waals surface area contributed by atoms with E-state index in [2.05, 4.69) is 16.9 Å². The second kappa shape index (κ2) is 6.20. The highest BCUT2D eigenvalue weighted by atomic mass is 16.5. The van der Waals surface area contributed by atoms with Gasteiger partial charge in [-0.05, 0) is 42.4 Å². The molecule has 0 aliphatic carbocycles. The molecule has 1 aromatic carbocycles. The minimum atomic E-state index is 0.678. The van der Waals surface area contributed by atoms with Crippen molar-refractivity contribution < 1.29 is 4.74 Å². The molecule has 0 spiro atoms. The highest BCUT2D eigenvalue weighted by molar-refractivity contribution is 5.54. The molecular formula is C15H19N3O. The van der Waals surface area contributed by atoms with Crippen molar-refractivity contribution >= 4 is 5.69 Å². The molecule has 0 saturated carbocycles. The lowest BCUT2D eigenvalue weighted by molar-refractivity contribution is 0.319. The number of rotatable bonds is 5. The molecule has 4 heteroatoms. The zero-order valence-corrected chi connectivity index (χ0v) is 11.3. The number of hydrogen-bond acceptors (Lipinski definition) is 4. The minimum absolute atomic E-state index is 0.678. The lowest BCUT2D eigenvalue weighted by Crippen LogP contribution is -2.17. The minimum Gasteiger partial charge on any atom is -0.495 e. The molecule has 0 aliphatic rings. The predicted octanol–water partition coefficient (Wildman–Crippen LogP) is 2.30. The number of methoxy groups -OCH3 is 1. The Morgan fingerprint density at radius 1 is 1.11 bits per heavy atom. The Labute approximate surface area is 113 Å². The van der Waals surface area contributed by atoms with Crippen molar-refractivity contribution in [2.24, 2.45) is 0 Å². The van der Waals surface area contributed by atoms with Crippen LogP contribution in [-0.4, -0.2) is 24.0 Å². The first-order chi connectivity index (χ1) is 9.19. The molecule has 0 fully saturated rings. The first-order valence-corrected chi connectivity index (χ1v) is 6.19. The van der Waals surface area contributed by atoms with Crippen LogP contribution in [0.2, 0.25) is 0 Å². The van der Waals surface area contributed by atoms with Crippen LogP contribution in [0.1, 0.15) is 11.1 Å². The zero-order chi connectivity index (χ0) is 13.7. The first kappa shape index (κ1) is 13.4. The summed E-state index contributed by atoms with van der Waals surface area (Å²) in [6.07, 6.45) is 3.63.